The fourth-order valence-corrected chi connectivity index (χ4v) is 1.54. The van der Waals surface area contributed by atoms with E-state index in [9.17, 15) is 4.79 Å². The number of hydrogen-bond acceptors (Lipinski definition) is 2. The molecule has 0 aromatic heterocycles. The van der Waals surface area contributed by atoms with E-state index in [4.69, 9.17) is 0 Å². The number of hydrogen-bond donors (Lipinski definition) is 3. The van der Waals surface area contributed by atoms with Gasteiger partial charge in [0.05, 0.1) is 0 Å². The molecule has 1 aliphatic heterocycles. The largest absolute Gasteiger partial charge is 0.334 e. The molecule has 0 radical (unpaired) electrons. The highest BCUT2D eigenvalue weighted by Crippen LogP contribution is 2.02. The van der Waals surface area contributed by atoms with Crippen molar-refractivity contribution >= 4 is 6.03 Å². The molecule has 0 spiro atoms. The lowest BCUT2D eigenvalue weighted by Crippen LogP contribution is -2.53. The summed E-state index contributed by atoms with van der Waals surface area (Å²) in [6, 6.07) is 0.220. The van der Waals surface area contributed by atoms with Gasteiger partial charge in [0.1, 0.15) is 0 Å². The molecule has 1 aliphatic rings. The first-order chi connectivity index (χ1) is 6.47. The highest BCUT2D eigenvalue weighted by Gasteiger charge is 2.18. The highest BCUT2D eigenvalue weighted by atomic mass is 16.2. The molecule has 4 nitrogen and oxygen atoms in total. The van der Waals surface area contributed by atoms with Gasteiger partial charge in [-0.2, -0.15) is 0 Å². The number of piperidine rings is 1. The van der Waals surface area contributed by atoms with Gasteiger partial charge in [0, 0.05) is 18.1 Å². The van der Waals surface area contributed by atoms with Gasteiger partial charge in [-0.25, -0.2) is 4.79 Å². The molecule has 4 heteroatoms. The van der Waals surface area contributed by atoms with Crippen molar-refractivity contribution in [1.29, 1.82) is 0 Å². The summed E-state index contributed by atoms with van der Waals surface area (Å²) in [5, 5.41) is 9.11. The maximum absolute atomic E-state index is 11.5. The Morgan fingerprint density at radius 1 is 1.43 bits per heavy atom. The van der Waals surface area contributed by atoms with E-state index in [0.717, 1.165) is 25.9 Å². The number of nitrogens with one attached hydrogen (secondary N) is 3. The Hall–Kier alpha value is -0.770. The van der Waals surface area contributed by atoms with Gasteiger partial charge in [-0.1, -0.05) is 0 Å². The summed E-state index contributed by atoms with van der Waals surface area (Å²) in [6.45, 7) is 7.89. The Balaban J connectivity index is 2.25. The van der Waals surface area contributed by atoms with Crippen LogP contribution in [0.3, 0.4) is 0 Å². The number of amides is 2. The predicted octanol–water partition coefficient (Wildman–Crippen LogP) is 0.836. The smallest absolute Gasteiger partial charge is 0.315 e. The second-order valence-corrected chi connectivity index (χ2v) is 4.89. The second-order valence-electron chi connectivity index (χ2n) is 4.89. The molecule has 2 amide bonds. The van der Waals surface area contributed by atoms with Gasteiger partial charge in [0.15, 0.2) is 0 Å². The molecule has 82 valence electrons. The number of carbonyl (C=O) groups excluding carboxylic acids is 1. The molecular formula is C10H21N3O. The lowest BCUT2D eigenvalue weighted by molar-refractivity contribution is 0.225. The topological polar surface area (TPSA) is 53.2 Å². The summed E-state index contributed by atoms with van der Waals surface area (Å²) in [5.74, 6) is 0. The van der Waals surface area contributed by atoms with Crippen LogP contribution in [0.15, 0.2) is 0 Å². The average Bonchev–Trinajstić information content (AvgIpc) is 2.02. The third-order valence-corrected chi connectivity index (χ3v) is 2.12. The molecule has 1 saturated heterocycles. The fraction of sp³-hybridized carbons (Fsp3) is 0.900. The lowest BCUT2D eigenvalue weighted by Gasteiger charge is -2.27. The minimum absolute atomic E-state index is 0.0637. The Kier molecular flexibility index (Phi) is 3.75. The molecule has 0 saturated carbocycles. The first-order valence-electron chi connectivity index (χ1n) is 5.27. The van der Waals surface area contributed by atoms with Gasteiger partial charge in [-0.15, -0.1) is 0 Å². The van der Waals surface area contributed by atoms with Crippen LogP contribution in [0, 0.1) is 0 Å². The molecule has 0 aliphatic carbocycles. The minimum Gasteiger partial charge on any atom is -0.334 e. The van der Waals surface area contributed by atoms with E-state index in [2.05, 4.69) is 16.0 Å². The standard InChI is InChI=1S/C10H21N3O/c1-10(2,3)13-9(14)12-8-5-4-6-11-7-8/h8,11H,4-7H2,1-3H3,(H2,12,13,14). The molecule has 1 heterocycles. The summed E-state index contributed by atoms with van der Waals surface area (Å²) in [7, 11) is 0. The van der Waals surface area contributed by atoms with Crippen LogP contribution < -0.4 is 16.0 Å². The van der Waals surface area contributed by atoms with Crippen molar-refractivity contribution < 1.29 is 4.79 Å². The minimum atomic E-state index is -0.161. The van der Waals surface area contributed by atoms with Crippen LogP contribution in [0.25, 0.3) is 0 Å². The molecule has 3 N–H and O–H groups in total. The Bertz CT molecular complexity index is 192. The van der Waals surface area contributed by atoms with Crippen molar-refractivity contribution in [3.63, 3.8) is 0 Å². The van der Waals surface area contributed by atoms with Crippen LogP contribution >= 0.6 is 0 Å². The van der Waals surface area contributed by atoms with E-state index >= 15 is 0 Å². The highest BCUT2D eigenvalue weighted by molar-refractivity contribution is 5.75. The fourth-order valence-electron chi connectivity index (χ4n) is 1.54. The monoisotopic (exact) mass is 199 g/mol. The maximum atomic E-state index is 11.5. The molecule has 14 heavy (non-hydrogen) atoms. The Morgan fingerprint density at radius 2 is 2.14 bits per heavy atom. The summed E-state index contributed by atoms with van der Waals surface area (Å²) < 4.78 is 0. The van der Waals surface area contributed by atoms with E-state index in [0.29, 0.717) is 0 Å². The van der Waals surface area contributed by atoms with Crippen LogP contribution in [0.1, 0.15) is 33.6 Å². The molecule has 1 unspecified atom stereocenters. The quantitative estimate of drug-likeness (QED) is 0.586. The van der Waals surface area contributed by atoms with Gasteiger partial charge in [0.2, 0.25) is 0 Å². The third kappa shape index (κ3) is 4.46. The maximum Gasteiger partial charge on any atom is 0.315 e. The third-order valence-electron chi connectivity index (χ3n) is 2.12. The van der Waals surface area contributed by atoms with Crippen LogP contribution in [0.2, 0.25) is 0 Å². The summed E-state index contributed by atoms with van der Waals surface area (Å²) >= 11 is 0. The van der Waals surface area contributed by atoms with Crippen molar-refractivity contribution in [1.82, 2.24) is 16.0 Å². The molecule has 0 bridgehead atoms. The van der Waals surface area contributed by atoms with Crippen molar-refractivity contribution in [2.24, 2.45) is 0 Å². The summed E-state index contributed by atoms with van der Waals surface area (Å²) in [5.41, 5.74) is -0.161. The van der Waals surface area contributed by atoms with Gasteiger partial charge in [-0.05, 0) is 40.2 Å². The van der Waals surface area contributed by atoms with Crippen LogP contribution in [-0.2, 0) is 0 Å². The molecule has 1 atom stereocenters. The SMILES string of the molecule is CC(C)(C)NC(=O)NC1CCCNC1. The Labute approximate surface area is 85.8 Å². The number of urea groups is 1. The van der Waals surface area contributed by atoms with E-state index in [1.807, 2.05) is 20.8 Å². The first-order valence-corrected chi connectivity index (χ1v) is 5.27. The van der Waals surface area contributed by atoms with Crippen molar-refractivity contribution in [2.45, 2.75) is 45.2 Å². The van der Waals surface area contributed by atoms with Crippen LogP contribution in [-0.4, -0.2) is 30.7 Å². The average molecular weight is 199 g/mol. The lowest BCUT2D eigenvalue weighted by atomic mass is 10.1. The molecule has 0 aromatic carbocycles. The molecule has 0 aromatic rings. The van der Waals surface area contributed by atoms with Crippen LogP contribution in [0.4, 0.5) is 4.79 Å². The normalized spacial score (nSPS) is 22.9. The zero-order chi connectivity index (χ0) is 10.6. The van der Waals surface area contributed by atoms with Crippen LogP contribution in [0.5, 0.6) is 0 Å². The predicted molar refractivity (Wildman–Crippen MR) is 57.3 cm³/mol. The van der Waals surface area contributed by atoms with Crippen molar-refractivity contribution in [2.75, 3.05) is 13.1 Å². The first kappa shape index (κ1) is 11.3. The Morgan fingerprint density at radius 3 is 2.64 bits per heavy atom. The van der Waals surface area contributed by atoms with Crippen molar-refractivity contribution in [3.8, 4) is 0 Å². The van der Waals surface area contributed by atoms with Gasteiger partial charge < -0.3 is 16.0 Å². The van der Waals surface area contributed by atoms with E-state index in [1.165, 1.54) is 0 Å². The summed E-state index contributed by atoms with van der Waals surface area (Å²) in [4.78, 5) is 11.5. The van der Waals surface area contributed by atoms with Gasteiger partial charge >= 0.3 is 6.03 Å². The summed E-state index contributed by atoms with van der Waals surface area (Å²) in [6.07, 6.45) is 2.21. The second kappa shape index (κ2) is 4.64. The molecule has 1 fully saturated rings. The zero-order valence-electron chi connectivity index (χ0n) is 9.31. The van der Waals surface area contributed by atoms with E-state index < -0.39 is 0 Å². The zero-order valence-corrected chi connectivity index (χ0v) is 9.31. The molecule has 1 rings (SSSR count). The van der Waals surface area contributed by atoms with Crippen molar-refractivity contribution in [3.05, 3.63) is 0 Å². The van der Waals surface area contributed by atoms with Gasteiger partial charge in [-0.3, -0.25) is 0 Å². The number of rotatable bonds is 1. The molecular weight excluding hydrogens is 178 g/mol. The van der Waals surface area contributed by atoms with E-state index in [-0.39, 0.29) is 17.6 Å². The van der Waals surface area contributed by atoms with Gasteiger partial charge in [0.25, 0.3) is 0 Å². The van der Waals surface area contributed by atoms with E-state index in [1.54, 1.807) is 0 Å². The number of carbonyl (C=O) groups is 1.